The normalized spacial score (nSPS) is 35.5. The summed E-state index contributed by atoms with van der Waals surface area (Å²) in [5.74, 6) is -0.813. The fraction of sp³-hybridized carbons (Fsp3) is 0.857. The Morgan fingerprint density at radius 1 is 1.55 bits per heavy atom. The van der Waals surface area contributed by atoms with Gasteiger partial charge in [-0.15, -0.1) is 0 Å². The smallest absolute Gasteiger partial charge is 0.362 e. The van der Waals surface area contributed by atoms with Crippen LogP contribution in [0.4, 0.5) is 0 Å². The average molecular weight is 160 g/mol. The predicted molar refractivity (Wildman–Crippen MR) is 39.0 cm³/mol. The Bertz CT molecular complexity index is 179. The summed E-state index contributed by atoms with van der Waals surface area (Å²) in [6, 6.07) is -0.440. The molecule has 0 aromatic heterocycles. The largest absolute Gasteiger partial charge is 0.477 e. The van der Waals surface area contributed by atoms with E-state index in [0.717, 1.165) is 0 Å². The van der Waals surface area contributed by atoms with Crippen molar-refractivity contribution in [3.8, 4) is 0 Å². The van der Waals surface area contributed by atoms with E-state index in [2.05, 4.69) is 0 Å². The first-order valence-electron chi connectivity index (χ1n) is 3.67. The number of aliphatic carboxylic acids is 1. The van der Waals surface area contributed by atoms with Crippen molar-refractivity contribution in [3.63, 3.8) is 0 Å². The maximum absolute atomic E-state index is 10.6. The average Bonchev–Trinajstić information content (AvgIpc) is 2.04. The van der Waals surface area contributed by atoms with Crippen molar-refractivity contribution in [2.24, 2.45) is 0 Å². The number of carboxylic acids is 1. The second kappa shape index (κ2) is 2.46. The van der Waals surface area contributed by atoms with E-state index >= 15 is 0 Å². The number of likely N-dealkylation sites (N-methyl/N-ethyl adjacent to an activating group) is 1. The number of carbonyl (C=O) groups is 1. The molecule has 11 heavy (non-hydrogen) atoms. The number of quaternary nitrogens is 1. The van der Waals surface area contributed by atoms with Gasteiger partial charge in [0.1, 0.15) is 12.6 Å². The van der Waals surface area contributed by atoms with Crippen molar-refractivity contribution in [1.29, 1.82) is 0 Å². The Kier molecular flexibility index (Phi) is 1.90. The lowest BCUT2D eigenvalue weighted by molar-refractivity contribution is -0.895. The molecule has 0 radical (unpaired) electrons. The second-order valence-corrected chi connectivity index (χ2v) is 3.70. The van der Waals surface area contributed by atoms with Gasteiger partial charge in [0.2, 0.25) is 0 Å². The lowest BCUT2D eigenvalue weighted by Gasteiger charge is -2.28. The van der Waals surface area contributed by atoms with Crippen LogP contribution in [0.3, 0.4) is 0 Å². The molecule has 1 heterocycles. The van der Waals surface area contributed by atoms with Crippen LogP contribution in [0.15, 0.2) is 0 Å². The third-order valence-electron chi connectivity index (χ3n) is 2.31. The van der Waals surface area contributed by atoms with Gasteiger partial charge in [-0.05, 0) is 0 Å². The van der Waals surface area contributed by atoms with Crippen LogP contribution in [0.2, 0.25) is 0 Å². The van der Waals surface area contributed by atoms with E-state index in [9.17, 15) is 9.90 Å². The predicted octanol–water partition coefficient (Wildman–Crippen LogP) is -0.719. The molecular weight excluding hydrogens is 146 g/mol. The summed E-state index contributed by atoms with van der Waals surface area (Å²) in [6.07, 6.45) is -0.0754. The number of hydrogen-bond donors (Lipinski definition) is 2. The monoisotopic (exact) mass is 160 g/mol. The van der Waals surface area contributed by atoms with Crippen molar-refractivity contribution in [2.45, 2.75) is 18.6 Å². The van der Waals surface area contributed by atoms with Crippen LogP contribution >= 0.6 is 0 Å². The molecule has 0 aromatic carbocycles. The summed E-state index contributed by atoms with van der Waals surface area (Å²) in [7, 11) is 3.66. The summed E-state index contributed by atoms with van der Waals surface area (Å²) in [5.41, 5.74) is 0. The number of aliphatic hydroxyl groups is 1. The van der Waals surface area contributed by atoms with Crippen LogP contribution < -0.4 is 0 Å². The molecule has 1 saturated heterocycles. The van der Waals surface area contributed by atoms with Crippen LogP contribution in [0.25, 0.3) is 0 Å². The van der Waals surface area contributed by atoms with Gasteiger partial charge < -0.3 is 14.7 Å². The first kappa shape index (κ1) is 8.49. The van der Waals surface area contributed by atoms with Crippen LogP contribution in [0.1, 0.15) is 6.42 Å². The Morgan fingerprint density at radius 3 is 2.27 bits per heavy atom. The Morgan fingerprint density at radius 2 is 2.09 bits per heavy atom. The molecule has 0 amide bonds. The topological polar surface area (TPSA) is 57.5 Å². The molecule has 4 nitrogen and oxygen atoms in total. The highest BCUT2D eigenvalue weighted by Gasteiger charge is 2.44. The number of carboxylic acid groups (broad SMARTS) is 1. The van der Waals surface area contributed by atoms with Gasteiger partial charge >= 0.3 is 5.97 Å². The molecule has 64 valence electrons. The summed E-state index contributed by atoms with van der Waals surface area (Å²) in [6.45, 7) is 0.539. The molecule has 0 aliphatic carbocycles. The standard InChI is InChI=1S/C7H13NO3/c1-8(2)4-5(9)3-6(8)7(10)11/h5-6,9H,3-4H2,1-2H3/p+1/t5-,6+/m0/s1. The van der Waals surface area contributed by atoms with Crippen molar-refractivity contribution in [3.05, 3.63) is 0 Å². The molecule has 1 rings (SSSR count). The van der Waals surface area contributed by atoms with Gasteiger partial charge in [0, 0.05) is 6.42 Å². The van der Waals surface area contributed by atoms with Crippen molar-refractivity contribution in [2.75, 3.05) is 20.6 Å². The van der Waals surface area contributed by atoms with Gasteiger partial charge in [-0.25, -0.2) is 4.79 Å². The summed E-state index contributed by atoms with van der Waals surface area (Å²) >= 11 is 0. The van der Waals surface area contributed by atoms with E-state index in [1.807, 2.05) is 14.1 Å². The van der Waals surface area contributed by atoms with E-state index < -0.39 is 18.1 Å². The Balaban J connectivity index is 2.74. The van der Waals surface area contributed by atoms with Crippen LogP contribution in [0.5, 0.6) is 0 Å². The molecular formula is C7H14NO3+. The lowest BCUT2D eigenvalue weighted by Crippen LogP contribution is -2.48. The first-order valence-corrected chi connectivity index (χ1v) is 3.67. The van der Waals surface area contributed by atoms with Crippen molar-refractivity contribution in [1.82, 2.24) is 0 Å². The summed E-state index contributed by atoms with van der Waals surface area (Å²) < 4.78 is 0.385. The highest BCUT2D eigenvalue weighted by atomic mass is 16.4. The Hall–Kier alpha value is -0.610. The fourth-order valence-corrected chi connectivity index (χ4v) is 1.69. The number of likely N-dealkylation sites (tertiary alicyclic amines) is 1. The van der Waals surface area contributed by atoms with Crippen molar-refractivity contribution < 1.29 is 19.5 Å². The van der Waals surface area contributed by atoms with E-state index in [1.54, 1.807) is 0 Å². The third kappa shape index (κ3) is 1.52. The molecule has 2 atom stereocenters. The minimum absolute atomic E-state index is 0.377. The quantitative estimate of drug-likeness (QED) is 0.498. The highest BCUT2D eigenvalue weighted by Crippen LogP contribution is 2.22. The summed E-state index contributed by atoms with van der Waals surface area (Å²) in [5, 5.41) is 17.9. The summed E-state index contributed by atoms with van der Waals surface area (Å²) in [4.78, 5) is 10.6. The number of rotatable bonds is 1. The zero-order chi connectivity index (χ0) is 8.65. The van der Waals surface area contributed by atoms with Gasteiger partial charge in [0.05, 0.1) is 14.1 Å². The van der Waals surface area contributed by atoms with Crippen LogP contribution in [-0.2, 0) is 4.79 Å². The maximum atomic E-state index is 10.6. The molecule has 4 heteroatoms. The fourth-order valence-electron chi connectivity index (χ4n) is 1.69. The van der Waals surface area contributed by atoms with Gasteiger partial charge in [-0.2, -0.15) is 0 Å². The second-order valence-electron chi connectivity index (χ2n) is 3.70. The third-order valence-corrected chi connectivity index (χ3v) is 2.31. The number of nitrogens with zero attached hydrogens (tertiary/aromatic N) is 1. The van der Waals surface area contributed by atoms with E-state index in [4.69, 9.17) is 5.11 Å². The molecule has 0 spiro atoms. The first-order chi connectivity index (χ1) is 4.93. The molecule has 0 saturated carbocycles. The number of aliphatic hydroxyl groups excluding tert-OH is 1. The zero-order valence-electron chi connectivity index (χ0n) is 6.82. The van der Waals surface area contributed by atoms with E-state index in [0.29, 0.717) is 17.4 Å². The molecule has 2 N–H and O–H groups in total. The number of hydrogen-bond acceptors (Lipinski definition) is 2. The van der Waals surface area contributed by atoms with Gasteiger partial charge in [0.15, 0.2) is 6.04 Å². The van der Waals surface area contributed by atoms with Gasteiger partial charge in [-0.3, -0.25) is 0 Å². The Labute approximate surface area is 65.6 Å². The molecule has 0 unspecified atom stereocenters. The van der Waals surface area contributed by atoms with Crippen LogP contribution in [0, 0.1) is 0 Å². The van der Waals surface area contributed by atoms with E-state index in [-0.39, 0.29) is 0 Å². The molecule has 1 aliphatic heterocycles. The minimum atomic E-state index is -0.813. The molecule has 1 aliphatic rings. The molecule has 0 bridgehead atoms. The zero-order valence-corrected chi connectivity index (χ0v) is 6.82. The van der Waals surface area contributed by atoms with Crippen LogP contribution in [-0.4, -0.2) is 53.5 Å². The van der Waals surface area contributed by atoms with Gasteiger partial charge in [-0.1, -0.05) is 0 Å². The maximum Gasteiger partial charge on any atom is 0.362 e. The van der Waals surface area contributed by atoms with E-state index in [1.165, 1.54) is 0 Å². The molecule has 1 fully saturated rings. The highest BCUT2D eigenvalue weighted by molar-refractivity contribution is 5.72. The lowest BCUT2D eigenvalue weighted by atomic mass is 10.2. The van der Waals surface area contributed by atoms with Crippen molar-refractivity contribution >= 4 is 5.97 Å². The van der Waals surface area contributed by atoms with Gasteiger partial charge in [0.25, 0.3) is 0 Å². The SMILES string of the molecule is C[N+]1(C)C[C@@H](O)C[C@@H]1C(=O)O. The molecule has 0 aromatic rings. The minimum Gasteiger partial charge on any atom is -0.477 e.